The number of phenolic OH excluding ortho intramolecular Hbond substituents is 1. The minimum Gasteiger partial charge on any atom is -0.507 e. The predicted octanol–water partition coefficient (Wildman–Crippen LogP) is 2.05. The maximum atomic E-state index is 12.6. The smallest absolute Gasteiger partial charge is 0.338 e. The number of amides is 1. The molecular weight excluding hydrogens is 386 g/mol. The molecule has 0 radical (unpaired) electrons. The number of hydrogen-bond acceptors (Lipinski definition) is 9. The fraction of sp³-hybridized carbons (Fsp3) is 0.444. The number of aryl methyl sites for hydroxylation is 1. The molecule has 0 saturated heterocycles. The van der Waals surface area contributed by atoms with Crippen LogP contribution in [0.3, 0.4) is 0 Å². The van der Waals surface area contributed by atoms with Crippen LogP contribution in [0.15, 0.2) is 10.6 Å². The monoisotopic (exact) mass is 407 g/mol. The highest BCUT2D eigenvalue weighted by Gasteiger charge is 2.26. The number of phenols is 1. The number of thioether (sulfide) groups is 1. The van der Waals surface area contributed by atoms with Crippen LogP contribution in [0.2, 0.25) is 0 Å². The van der Waals surface area contributed by atoms with Crippen molar-refractivity contribution in [2.45, 2.75) is 32.1 Å². The molecule has 1 aliphatic heterocycles. The van der Waals surface area contributed by atoms with Crippen LogP contribution in [-0.2, 0) is 15.3 Å². The molecule has 9 nitrogen and oxygen atoms in total. The molecule has 1 aromatic carbocycles. The van der Waals surface area contributed by atoms with Gasteiger partial charge in [0.15, 0.2) is 5.82 Å². The van der Waals surface area contributed by atoms with E-state index in [1.54, 1.807) is 13.8 Å². The molecule has 0 spiro atoms. The highest BCUT2D eigenvalue weighted by molar-refractivity contribution is 7.98. The Bertz CT molecular complexity index is 898. The van der Waals surface area contributed by atoms with Gasteiger partial charge in [0.05, 0.1) is 19.1 Å². The molecule has 10 heteroatoms. The second kappa shape index (κ2) is 8.51. The van der Waals surface area contributed by atoms with Crippen LogP contribution in [0.4, 0.5) is 0 Å². The van der Waals surface area contributed by atoms with Crippen molar-refractivity contribution < 1.29 is 28.7 Å². The first-order valence-corrected chi connectivity index (χ1v) is 9.80. The fourth-order valence-electron chi connectivity index (χ4n) is 2.91. The summed E-state index contributed by atoms with van der Waals surface area (Å²) in [5.41, 5.74) is 1.29. The van der Waals surface area contributed by atoms with Crippen molar-refractivity contribution in [2.24, 2.45) is 0 Å². The number of fused-ring (bicyclic) bond motifs is 1. The maximum absolute atomic E-state index is 12.6. The number of carbonyl (C=O) groups excluding carboxylic acids is 2. The fourth-order valence-corrected chi connectivity index (χ4v) is 3.99. The Morgan fingerprint density at radius 1 is 1.36 bits per heavy atom. The zero-order valence-electron chi connectivity index (χ0n) is 15.8. The van der Waals surface area contributed by atoms with Crippen LogP contribution < -0.4 is 10.1 Å². The first-order valence-electron chi connectivity index (χ1n) is 8.64. The van der Waals surface area contributed by atoms with E-state index in [0.29, 0.717) is 40.1 Å². The number of methoxy groups -OCH3 is 1. The van der Waals surface area contributed by atoms with Gasteiger partial charge in [0.1, 0.15) is 24.1 Å². The van der Waals surface area contributed by atoms with Crippen LogP contribution >= 0.6 is 11.8 Å². The molecule has 1 amide bonds. The van der Waals surface area contributed by atoms with Crippen molar-refractivity contribution in [3.05, 3.63) is 34.5 Å². The molecule has 0 unspecified atom stereocenters. The molecule has 0 bridgehead atoms. The van der Waals surface area contributed by atoms with E-state index in [2.05, 4.69) is 15.5 Å². The van der Waals surface area contributed by atoms with Gasteiger partial charge in [0.25, 0.3) is 0 Å². The lowest BCUT2D eigenvalue weighted by Crippen LogP contribution is -2.31. The number of carbonyl (C=O) groups is 2. The van der Waals surface area contributed by atoms with Crippen molar-refractivity contribution in [1.82, 2.24) is 15.5 Å². The Kier molecular flexibility index (Phi) is 6.08. The number of aromatic hydroxyl groups is 1. The Hall–Kier alpha value is -2.75. The Labute approximate surface area is 165 Å². The minimum absolute atomic E-state index is 0.00957. The lowest BCUT2D eigenvalue weighted by Gasteiger charge is -2.19. The van der Waals surface area contributed by atoms with Gasteiger partial charge in [-0.1, -0.05) is 5.16 Å². The third kappa shape index (κ3) is 4.22. The molecule has 1 aromatic heterocycles. The lowest BCUT2D eigenvalue weighted by molar-refractivity contribution is -0.122. The lowest BCUT2D eigenvalue weighted by atomic mass is 10.0. The summed E-state index contributed by atoms with van der Waals surface area (Å²) in [6, 6.07) is 0.993. The summed E-state index contributed by atoms with van der Waals surface area (Å²) < 4.78 is 15.7. The standard InChI is InChI=1S/C18H21N3O6S/c1-9-14(25-3)6-13(22)11-7-28-8-12(17-19-10(2)21-27-17)20-15(23)4-5-26-18(24)16(9)11/h6,12,22H,4-5,7-8H2,1-3H3,(H,20,23)/t12-/m0/s1. The summed E-state index contributed by atoms with van der Waals surface area (Å²) in [5.74, 6) is 0.977. The Morgan fingerprint density at radius 2 is 2.14 bits per heavy atom. The summed E-state index contributed by atoms with van der Waals surface area (Å²) >= 11 is 1.41. The number of aromatic nitrogens is 2. The zero-order chi connectivity index (χ0) is 20.3. The zero-order valence-corrected chi connectivity index (χ0v) is 16.6. The minimum atomic E-state index is -0.597. The highest BCUT2D eigenvalue weighted by Crippen LogP contribution is 2.36. The van der Waals surface area contributed by atoms with E-state index in [9.17, 15) is 14.7 Å². The van der Waals surface area contributed by atoms with Crippen molar-refractivity contribution in [3.63, 3.8) is 0 Å². The predicted molar refractivity (Wildman–Crippen MR) is 100 cm³/mol. The highest BCUT2D eigenvalue weighted by atomic mass is 32.2. The molecule has 28 heavy (non-hydrogen) atoms. The number of cyclic esters (lactones) is 1. The van der Waals surface area contributed by atoms with Crippen molar-refractivity contribution in [2.75, 3.05) is 19.5 Å². The van der Waals surface area contributed by atoms with Crippen LogP contribution in [0.5, 0.6) is 11.5 Å². The van der Waals surface area contributed by atoms with Crippen LogP contribution in [0.25, 0.3) is 0 Å². The molecule has 2 heterocycles. The summed E-state index contributed by atoms with van der Waals surface area (Å²) in [6.07, 6.45) is -0.00957. The van der Waals surface area contributed by atoms with E-state index in [1.807, 2.05) is 0 Å². The molecule has 0 saturated carbocycles. The van der Waals surface area contributed by atoms with E-state index >= 15 is 0 Å². The van der Waals surface area contributed by atoms with Gasteiger partial charge in [-0.15, -0.1) is 0 Å². The second-order valence-electron chi connectivity index (χ2n) is 6.28. The maximum Gasteiger partial charge on any atom is 0.338 e. The number of nitrogens with zero attached hydrogens (tertiary/aromatic N) is 2. The van der Waals surface area contributed by atoms with E-state index in [1.165, 1.54) is 24.9 Å². The molecule has 0 aliphatic carbocycles. The number of hydrogen-bond donors (Lipinski definition) is 2. The normalized spacial score (nSPS) is 18.3. The van der Waals surface area contributed by atoms with Gasteiger partial charge in [-0.2, -0.15) is 16.7 Å². The van der Waals surface area contributed by atoms with E-state index in [-0.39, 0.29) is 30.2 Å². The number of esters is 1. The molecule has 1 aliphatic rings. The van der Waals surface area contributed by atoms with E-state index in [0.717, 1.165) is 0 Å². The quantitative estimate of drug-likeness (QED) is 0.720. The first kappa shape index (κ1) is 20.0. The van der Waals surface area contributed by atoms with Crippen LogP contribution in [0, 0.1) is 13.8 Å². The molecule has 2 N–H and O–H groups in total. The van der Waals surface area contributed by atoms with E-state index < -0.39 is 12.0 Å². The third-order valence-corrected chi connectivity index (χ3v) is 5.38. The van der Waals surface area contributed by atoms with E-state index in [4.69, 9.17) is 14.0 Å². The average Bonchev–Trinajstić information content (AvgIpc) is 3.08. The number of rotatable bonds is 2. The Morgan fingerprint density at radius 3 is 2.82 bits per heavy atom. The van der Waals surface area contributed by atoms with Gasteiger partial charge in [-0.05, 0) is 13.8 Å². The SMILES string of the molecule is COc1cc(O)c2c(c1C)C(=O)OCCC(=O)N[C@H](c1nc(C)no1)CSC2. The number of nitrogens with one attached hydrogen (secondary N) is 1. The van der Waals surface area contributed by atoms with Crippen LogP contribution in [-0.4, -0.2) is 46.6 Å². The third-order valence-electron chi connectivity index (χ3n) is 4.32. The summed E-state index contributed by atoms with van der Waals surface area (Å²) in [7, 11) is 1.46. The first-order chi connectivity index (χ1) is 13.4. The van der Waals surface area contributed by atoms with Crippen molar-refractivity contribution >= 4 is 23.6 Å². The summed E-state index contributed by atoms with van der Waals surface area (Å²) in [6.45, 7) is 3.33. The van der Waals surface area contributed by atoms with Gasteiger partial charge >= 0.3 is 5.97 Å². The van der Waals surface area contributed by atoms with Gasteiger partial charge in [-0.3, -0.25) is 4.79 Å². The molecule has 150 valence electrons. The molecule has 3 rings (SSSR count). The summed E-state index contributed by atoms with van der Waals surface area (Å²) in [5, 5.41) is 17.0. The topological polar surface area (TPSA) is 124 Å². The molecule has 2 aromatic rings. The second-order valence-corrected chi connectivity index (χ2v) is 7.31. The van der Waals surface area contributed by atoms with Gasteiger partial charge in [0, 0.05) is 28.7 Å². The Balaban J connectivity index is 1.94. The number of ether oxygens (including phenoxy) is 2. The van der Waals surface area contributed by atoms with Crippen molar-refractivity contribution in [1.29, 1.82) is 0 Å². The van der Waals surface area contributed by atoms with Crippen LogP contribution in [0.1, 0.15) is 45.7 Å². The van der Waals surface area contributed by atoms with Gasteiger partial charge < -0.3 is 24.4 Å². The van der Waals surface area contributed by atoms with Gasteiger partial charge in [-0.25, -0.2) is 4.79 Å². The molecule has 1 atom stereocenters. The number of benzene rings is 1. The van der Waals surface area contributed by atoms with Crippen molar-refractivity contribution in [3.8, 4) is 11.5 Å². The molecular formula is C18H21N3O6S. The molecule has 0 fully saturated rings. The largest absolute Gasteiger partial charge is 0.507 e. The average molecular weight is 407 g/mol. The summed E-state index contributed by atoms with van der Waals surface area (Å²) in [4.78, 5) is 29.0. The van der Waals surface area contributed by atoms with Gasteiger partial charge in [0.2, 0.25) is 11.8 Å².